The van der Waals surface area contributed by atoms with Gasteiger partial charge in [-0.3, -0.25) is 0 Å². The van der Waals surface area contributed by atoms with E-state index < -0.39 is 17.7 Å². The zero-order chi connectivity index (χ0) is 15.1. The van der Waals surface area contributed by atoms with E-state index in [2.05, 4.69) is 0 Å². The lowest BCUT2D eigenvalue weighted by molar-refractivity contribution is 0.182. The molecule has 0 spiro atoms. The smallest absolute Gasteiger partial charge is 0.142 e. The summed E-state index contributed by atoms with van der Waals surface area (Å²) >= 11 is 0. The Morgan fingerprint density at radius 2 is 1.81 bits per heavy atom. The molecule has 0 aliphatic rings. The molecule has 0 aliphatic heterocycles. The minimum atomic E-state index is -1.47. The molecule has 2 nitrogen and oxygen atoms in total. The lowest BCUT2D eigenvalue weighted by Crippen LogP contribution is -2.06. The fraction of sp³-hybridized carbons (Fsp3) is 0.176. The molecule has 1 N–H and O–H groups in total. The molecule has 1 unspecified atom stereocenters. The topological polar surface area (TPSA) is 33.4 Å². The van der Waals surface area contributed by atoms with Crippen LogP contribution in [-0.2, 0) is 0 Å². The number of furan rings is 1. The second-order valence-corrected chi connectivity index (χ2v) is 5.18. The molecule has 4 heteroatoms. The predicted molar refractivity (Wildman–Crippen MR) is 76.1 cm³/mol. The highest BCUT2D eigenvalue weighted by Gasteiger charge is 2.24. The summed E-state index contributed by atoms with van der Waals surface area (Å²) in [4.78, 5) is 0. The molecule has 2 aromatic carbocycles. The van der Waals surface area contributed by atoms with Crippen molar-refractivity contribution in [3.05, 3.63) is 70.5 Å². The van der Waals surface area contributed by atoms with Crippen molar-refractivity contribution in [1.82, 2.24) is 0 Å². The summed E-state index contributed by atoms with van der Waals surface area (Å²) < 4.78 is 33.4. The fourth-order valence-electron chi connectivity index (χ4n) is 2.39. The largest absolute Gasteiger partial charge is 0.458 e. The van der Waals surface area contributed by atoms with Gasteiger partial charge >= 0.3 is 0 Å². The van der Waals surface area contributed by atoms with Crippen LogP contribution in [0.15, 0.2) is 40.8 Å². The molecular formula is C17H14F2O2. The summed E-state index contributed by atoms with van der Waals surface area (Å²) in [6.07, 6.45) is -1.47. The Bertz CT molecular complexity index is 821. The molecule has 0 amide bonds. The van der Waals surface area contributed by atoms with E-state index in [1.807, 2.05) is 19.1 Å². The zero-order valence-electron chi connectivity index (χ0n) is 11.7. The first kappa shape index (κ1) is 13.8. The summed E-state index contributed by atoms with van der Waals surface area (Å²) in [5.74, 6) is -1.42. The van der Waals surface area contributed by atoms with Gasteiger partial charge in [-0.25, -0.2) is 8.78 Å². The number of fused-ring (bicyclic) bond motifs is 1. The van der Waals surface area contributed by atoms with Crippen molar-refractivity contribution >= 4 is 11.0 Å². The third-order valence-corrected chi connectivity index (χ3v) is 3.55. The van der Waals surface area contributed by atoms with E-state index >= 15 is 0 Å². The summed E-state index contributed by atoms with van der Waals surface area (Å²) in [7, 11) is 0. The Labute approximate surface area is 120 Å². The molecule has 108 valence electrons. The van der Waals surface area contributed by atoms with Crippen LogP contribution in [0.2, 0.25) is 0 Å². The van der Waals surface area contributed by atoms with Crippen LogP contribution in [0.1, 0.15) is 28.6 Å². The molecule has 0 aliphatic carbocycles. The maximum atomic E-state index is 14.1. The standard InChI is InChI=1S/C17H14F2O2/c1-9-3-6-13-11(7-9)8-14(21-13)17(20)15-12(18)5-4-10(2)16(15)19/h3-8,17,20H,1-2H3. The fourth-order valence-corrected chi connectivity index (χ4v) is 2.39. The number of benzene rings is 2. The molecule has 0 saturated heterocycles. The van der Waals surface area contributed by atoms with Crippen LogP contribution in [0.3, 0.4) is 0 Å². The number of hydrogen-bond acceptors (Lipinski definition) is 2. The van der Waals surface area contributed by atoms with Gasteiger partial charge in [-0.1, -0.05) is 17.7 Å². The minimum Gasteiger partial charge on any atom is -0.458 e. The number of aliphatic hydroxyl groups is 1. The molecular weight excluding hydrogens is 274 g/mol. The molecule has 0 saturated carbocycles. The highest BCUT2D eigenvalue weighted by Crippen LogP contribution is 2.32. The summed E-state index contributed by atoms with van der Waals surface area (Å²) in [6, 6.07) is 9.61. The third-order valence-electron chi connectivity index (χ3n) is 3.55. The second-order valence-electron chi connectivity index (χ2n) is 5.18. The first-order valence-corrected chi connectivity index (χ1v) is 6.60. The van der Waals surface area contributed by atoms with E-state index in [1.165, 1.54) is 13.0 Å². The van der Waals surface area contributed by atoms with Crippen molar-refractivity contribution < 1.29 is 18.3 Å². The highest BCUT2D eigenvalue weighted by atomic mass is 19.1. The maximum absolute atomic E-state index is 14.1. The van der Waals surface area contributed by atoms with Gasteiger partial charge < -0.3 is 9.52 Å². The number of aliphatic hydroxyl groups excluding tert-OH is 1. The molecule has 0 bridgehead atoms. The van der Waals surface area contributed by atoms with Crippen LogP contribution in [0.5, 0.6) is 0 Å². The molecule has 1 heterocycles. The van der Waals surface area contributed by atoms with Gasteiger partial charge in [0.2, 0.25) is 0 Å². The van der Waals surface area contributed by atoms with Gasteiger partial charge in [0, 0.05) is 5.39 Å². The third kappa shape index (κ3) is 2.32. The van der Waals surface area contributed by atoms with Crippen LogP contribution in [0.25, 0.3) is 11.0 Å². The Hall–Kier alpha value is -2.20. The highest BCUT2D eigenvalue weighted by molar-refractivity contribution is 5.78. The zero-order valence-corrected chi connectivity index (χ0v) is 11.7. The number of hydrogen-bond donors (Lipinski definition) is 1. The summed E-state index contributed by atoms with van der Waals surface area (Å²) in [6.45, 7) is 3.45. The summed E-state index contributed by atoms with van der Waals surface area (Å²) in [5, 5.41) is 11.1. The van der Waals surface area contributed by atoms with Crippen molar-refractivity contribution in [1.29, 1.82) is 0 Å². The molecule has 3 aromatic rings. The van der Waals surface area contributed by atoms with Crippen LogP contribution < -0.4 is 0 Å². The van der Waals surface area contributed by atoms with E-state index in [4.69, 9.17) is 4.42 Å². The van der Waals surface area contributed by atoms with Gasteiger partial charge in [-0.2, -0.15) is 0 Å². The Kier molecular flexibility index (Phi) is 3.26. The molecule has 3 rings (SSSR count). The molecule has 0 fully saturated rings. The quantitative estimate of drug-likeness (QED) is 0.757. The average molecular weight is 288 g/mol. The van der Waals surface area contributed by atoms with Crippen LogP contribution in [0.4, 0.5) is 8.78 Å². The van der Waals surface area contributed by atoms with Crippen LogP contribution in [-0.4, -0.2) is 5.11 Å². The van der Waals surface area contributed by atoms with Crippen LogP contribution in [0, 0.1) is 25.5 Å². The lowest BCUT2D eigenvalue weighted by Gasteiger charge is -2.11. The van der Waals surface area contributed by atoms with Gasteiger partial charge in [0.05, 0.1) is 5.56 Å². The van der Waals surface area contributed by atoms with Crippen molar-refractivity contribution in [3.63, 3.8) is 0 Å². The van der Waals surface area contributed by atoms with E-state index in [-0.39, 0.29) is 16.9 Å². The van der Waals surface area contributed by atoms with Crippen molar-refractivity contribution in [3.8, 4) is 0 Å². The maximum Gasteiger partial charge on any atom is 0.142 e. The van der Waals surface area contributed by atoms with Gasteiger partial charge in [0.1, 0.15) is 29.1 Å². The van der Waals surface area contributed by atoms with Crippen molar-refractivity contribution in [2.24, 2.45) is 0 Å². The van der Waals surface area contributed by atoms with Crippen molar-refractivity contribution in [2.75, 3.05) is 0 Å². The molecule has 1 atom stereocenters. The molecule has 1 aromatic heterocycles. The predicted octanol–water partition coefficient (Wildman–Crippen LogP) is 4.41. The van der Waals surface area contributed by atoms with Gasteiger partial charge in [0.25, 0.3) is 0 Å². The van der Waals surface area contributed by atoms with Gasteiger partial charge in [-0.05, 0) is 43.7 Å². The number of halogens is 2. The Morgan fingerprint density at radius 3 is 2.57 bits per heavy atom. The van der Waals surface area contributed by atoms with E-state index in [0.717, 1.165) is 17.0 Å². The van der Waals surface area contributed by atoms with E-state index in [0.29, 0.717) is 5.58 Å². The second kappa shape index (κ2) is 4.97. The van der Waals surface area contributed by atoms with E-state index in [1.54, 1.807) is 12.1 Å². The molecule has 21 heavy (non-hydrogen) atoms. The number of aryl methyl sites for hydroxylation is 2. The normalized spacial score (nSPS) is 12.8. The minimum absolute atomic E-state index is 0.124. The van der Waals surface area contributed by atoms with Crippen molar-refractivity contribution in [2.45, 2.75) is 20.0 Å². The Balaban J connectivity index is 2.12. The van der Waals surface area contributed by atoms with E-state index in [9.17, 15) is 13.9 Å². The average Bonchev–Trinajstić information content (AvgIpc) is 2.86. The monoisotopic (exact) mass is 288 g/mol. The molecule has 0 radical (unpaired) electrons. The first-order valence-electron chi connectivity index (χ1n) is 6.60. The number of rotatable bonds is 2. The van der Waals surface area contributed by atoms with Crippen LogP contribution >= 0.6 is 0 Å². The Morgan fingerprint density at radius 1 is 1.05 bits per heavy atom. The first-order chi connectivity index (χ1) is 9.97. The summed E-state index contributed by atoms with van der Waals surface area (Å²) in [5.41, 5.74) is 1.50. The lowest BCUT2D eigenvalue weighted by atomic mass is 10.0. The van der Waals surface area contributed by atoms with Gasteiger partial charge in [0.15, 0.2) is 0 Å². The SMILES string of the molecule is Cc1ccc2oc(C(O)c3c(F)ccc(C)c3F)cc2c1. The van der Waals surface area contributed by atoms with Gasteiger partial charge in [-0.15, -0.1) is 0 Å².